The molecule has 0 fully saturated rings. The molecule has 0 saturated carbocycles. The highest BCUT2D eigenvalue weighted by atomic mass is 16.3. The molecule has 0 amide bonds. The van der Waals surface area contributed by atoms with E-state index >= 15 is 0 Å². The van der Waals surface area contributed by atoms with Crippen molar-refractivity contribution in [2.45, 2.75) is 0 Å². The van der Waals surface area contributed by atoms with E-state index in [2.05, 4.69) is 51.4 Å². The van der Waals surface area contributed by atoms with Crippen molar-refractivity contribution >= 4 is 5.69 Å². The van der Waals surface area contributed by atoms with Crippen LogP contribution in [0.4, 0.5) is 5.69 Å². The Hall–Kier alpha value is -3.60. The van der Waals surface area contributed by atoms with E-state index in [4.69, 9.17) is 0 Å². The van der Waals surface area contributed by atoms with Gasteiger partial charge < -0.3 is 10.0 Å². The van der Waals surface area contributed by atoms with Gasteiger partial charge in [-0.15, -0.1) is 0 Å². The Balaban J connectivity index is 1.73. The molecule has 0 unspecified atom stereocenters. The van der Waals surface area contributed by atoms with Gasteiger partial charge in [-0.25, -0.2) is 4.98 Å². The average Bonchev–Trinajstić information content (AvgIpc) is 3.10. The van der Waals surface area contributed by atoms with Gasteiger partial charge in [-0.2, -0.15) is 9.78 Å². The van der Waals surface area contributed by atoms with E-state index in [1.54, 1.807) is 18.3 Å². The molecule has 134 valence electrons. The lowest BCUT2D eigenvalue weighted by Crippen LogP contribution is -2.08. The largest absolute Gasteiger partial charge is 0.493 e. The SMILES string of the molecule is CN(C)c1cccc(-c2cccc(-c3cc(O)n(-c4ccccn4)n3)c2)c1. The summed E-state index contributed by atoms with van der Waals surface area (Å²) >= 11 is 0. The molecule has 27 heavy (non-hydrogen) atoms. The Kier molecular flexibility index (Phi) is 4.34. The van der Waals surface area contributed by atoms with Crippen LogP contribution in [0.15, 0.2) is 79.0 Å². The molecular formula is C22H20N4O. The number of anilines is 1. The van der Waals surface area contributed by atoms with Gasteiger partial charge in [0.15, 0.2) is 5.82 Å². The van der Waals surface area contributed by atoms with E-state index in [1.807, 2.05) is 38.4 Å². The smallest absolute Gasteiger partial charge is 0.216 e. The van der Waals surface area contributed by atoms with Crippen LogP contribution in [0.25, 0.3) is 28.2 Å². The van der Waals surface area contributed by atoms with Crippen molar-refractivity contribution in [3.8, 4) is 34.1 Å². The van der Waals surface area contributed by atoms with Crippen LogP contribution in [0, 0.1) is 0 Å². The molecule has 2 aromatic carbocycles. The molecule has 5 heteroatoms. The van der Waals surface area contributed by atoms with Crippen LogP contribution in [0.5, 0.6) is 5.88 Å². The van der Waals surface area contributed by atoms with Crippen LogP contribution in [0.3, 0.4) is 0 Å². The molecule has 4 aromatic rings. The Morgan fingerprint density at radius 2 is 1.56 bits per heavy atom. The molecule has 1 N–H and O–H groups in total. The normalized spacial score (nSPS) is 10.7. The van der Waals surface area contributed by atoms with Gasteiger partial charge in [0.05, 0.1) is 5.69 Å². The fraction of sp³-hybridized carbons (Fsp3) is 0.0909. The lowest BCUT2D eigenvalue weighted by atomic mass is 10.0. The van der Waals surface area contributed by atoms with Crippen LogP contribution in [0.2, 0.25) is 0 Å². The highest BCUT2D eigenvalue weighted by molar-refractivity contribution is 5.74. The zero-order valence-electron chi connectivity index (χ0n) is 15.2. The van der Waals surface area contributed by atoms with E-state index in [1.165, 1.54) is 4.68 Å². The molecule has 0 aliphatic rings. The summed E-state index contributed by atoms with van der Waals surface area (Å²) in [5.74, 6) is 0.639. The van der Waals surface area contributed by atoms with E-state index in [-0.39, 0.29) is 5.88 Å². The average molecular weight is 356 g/mol. The fourth-order valence-corrected chi connectivity index (χ4v) is 2.98. The van der Waals surface area contributed by atoms with Crippen molar-refractivity contribution in [3.63, 3.8) is 0 Å². The minimum atomic E-state index is 0.0590. The molecule has 4 rings (SSSR count). The number of hydrogen-bond donors (Lipinski definition) is 1. The number of aromatic hydroxyl groups is 1. The summed E-state index contributed by atoms with van der Waals surface area (Å²) in [6, 6.07) is 23.7. The summed E-state index contributed by atoms with van der Waals surface area (Å²) in [5, 5.41) is 14.8. The summed E-state index contributed by atoms with van der Waals surface area (Å²) in [7, 11) is 4.06. The van der Waals surface area contributed by atoms with Crippen molar-refractivity contribution in [3.05, 3.63) is 79.0 Å². The second-order valence-electron chi connectivity index (χ2n) is 6.51. The lowest BCUT2D eigenvalue weighted by Gasteiger charge is -2.14. The zero-order valence-corrected chi connectivity index (χ0v) is 15.2. The van der Waals surface area contributed by atoms with Gasteiger partial charge in [-0.3, -0.25) is 0 Å². The molecule has 0 radical (unpaired) electrons. The topological polar surface area (TPSA) is 54.2 Å². The minimum absolute atomic E-state index is 0.0590. The number of nitrogens with zero attached hydrogens (tertiary/aromatic N) is 4. The number of rotatable bonds is 4. The molecule has 0 saturated heterocycles. The van der Waals surface area contributed by atoms with Gasteiger partial charge >= 0.3 is 0 Å². The molecule has 2 aromatic heterocycles. The Morgan fingerprint density at radius 1 is 0.815 bits per heavy atom. The quantitative estimate of drug-likeness (QED) is 0.590. The van der Waals surface area contributed by atoms with Gasteiger partial charge in [0, 0.05) is 37.6 Å². The highest BCUT2D eigenvalue weighted by Gasteiger charge is 2.12. The Morgan fingerprint density at radius 3 is 2.30 bits per heavy atom. The van der Waals surface area contributed by atoms with Gasteiger partial charge in [0.1, 0.15) is 0 Å². The molecule has 2 heterocycles. The molecule has 0 aliphatic heterocycles. The van der Waals surface area contributed by atoms with Gasteiger partial charge in [0.25, 0.3) is 0 Å². The first-order valence-corrected chi connectivity index (χ1v) is 8.70. The molecule has 0 bridgehead atoms. The number of benzene rings is 2. The number of aromatic nitrogens is 3. The third kappa shape index (κ3) is 3.40. The lowest BCUT2D eigenvalue weighted by molar-refractivity contribution is 0.432. The van der Waals surface area contributed by atoms with Crippen molar-refractivity contribution in [2.75, 3.05) is 19.0 Å². The van der Waals surface area contributed by atoms with Crippen LogP contribution >= 0.6 is 0 Å². The minimum Gasteiger partial charge on any atom is -0.493 e. The molecule has 0 spiro atoms. The number of pyridine rings is 1. The fourth-order valence-electron chi connectivity index (χ4n) is 2.98. The third-order valence-electron chi connectivity index (χ3n) is 4.41. The maximum absolute atomic E-state index is 10.3. The van der Waals surface area contributed by atoms with E-state index < -0.39 is 0 Å². The summed E-state index contributed by atoms with van der Waals surface area (Å²) in [5.41, 5.74) is 5.02. The predicted molar refractivity (Wildman–Crippen MR) is 108 cm³/mol. The van der Waals surface area contributed by atoms with Gasteiger partial charge in [0.2, 0.25) is 5.88 Å². The molecule has 0 aliphatic carbocycles. The van der Waals surface area contributed by atoms with E-state index in [0.717, 1.165) is 22.4 Å². The summed E-state index contributed by atoms with van der Waals surface area (Å²) < 4.78 is 1.44. The van der Waals surface area contributed by atoms with Crippen LogP contribution in [0.1, 0.15) is 0 Å². The summed E-state index contributed by atoms with van der Waals surface area (Å²) in [6.07, 6.45) is 1.68. The van der Waals surface area contributed by atoms with Crippen LogP contribution in [-0.2, 0) is 0 Å². The maximum Gasteiger partial charge on any atom is 0.216 e. The molecule has 5 nitrogen and oxygen atoms in total. The van der Waals surface area contributed by atoms with E-state index in [0.29, 0.717) is 11.5 Å². The zero-order chi connectivity index (χ0) is 18.8. The molecular weight excluding hydrogens is 336 g/mol. The summed E-state index contributed by atoms with van der Waals surface area (Å²) in [4.78, 5) is 6.33. The van der Waals surface area contributed by atoms with Crippen molar-refractivity contribution in [2.24, 2.45) is 0 Å². The van der Waals surface area contributed by atoms with Crippen molar-refractivity contribution in [1.82, 2.24) is 14.8 Å². The molecule has 0 atom stereocenters. The van der Waals surface area contributed by atoms with Gasteiger partial charge in [-0.1, -0.05) is 36.4 Å². The third-order valence-corrected chi connectivity index (χ3v) is 4.41. The second-order valence-corrected chi connectivity index (χ2v) is 6.51. The van der Waals surface area contributed by atoms with Crippen molar-refractivity contribution < 1.29 is 5.11 Å². The van der Waals surface area contributed by atoms with Crippen LogP contribution in [-0.4, -0.2) is 34.0 Å². The second kappa shape index (κ2) is 6.96. The first-order chi connectivity index (χ1) is 13.1. The highest BCUT2D eigenvalue weighted by Crippen LogP contribution is 2.30. The standard InChI is InChI=1S/C22H20N4O/c1-25(2)19-10-6-8-17(14-19)16-7-5-9-18(13-16)20-15-22(27)26(24-20)21-11-3-4-12-23-21/h3-15,27H,1-2H3. The van der Waals surface area contributed by atoms with Gasteiger partial charge in [-0.05, 0) is 41.5 Å². The number of hydrogen-bond acceptors (Lipinski definition) is 4. The predicted octanol–water partition coefficient (Wildman–Crippen LogP) is 4.37. The van der Waals surface area contributed by atoms with E-state index in [9.17, 15) is 5.11 Å². The monoisotopic (exact) mass is 356 g/mol. The Bertz CT molecular complexity index is 1070. The van der Waals surface area contributed by atoms with Crippen LogP contribution < -0.4 is 4.90 Å². The summed E-state index contributed by atoms with van der Waals surface area (Å²) in [6.45, 7) is 0. The first kappa shape index (κ1) is 16.8. The first-order valence-electron chi connectivity index (χ1n) is 8.70. The Labute approximate surface area is 158 Å². The van der Waals surface area contributed by atoms with Crippen molar-refractivity contribution in [1.29, 1.82) is 0 Å². The maximum atomic E-state index is 10.3.